The van der Waals surface area contributed by atoms with Crippen LogP contribution in [0.4, 0.5) is 11.4 Å². The molecule has 6 heteroatoms. The first-order valence-electron chi connectivity index (χ1n) is 7.30. The minimum absolute atomic E-state index is 0.191. The molecule has 1 aromatic heterocycles. The number of nitrogens with two attached hydrogens (primary N) is 1. The van der Waals surface area contributed by atoms with E-state index in [1.54, 1.807) is 5.38 Å². The van der Waals surface area contributed by atoms with Crippen molar-refractivity contribution in [2.75, 3.05) is 23.8 Å². The van der Waals surface area contributed by atoms with Crippen LogP contribution < -0.4 is 16.0 Å². The molecule has 3 N–H and O–H groups in total. The van der Waals surface area contributed by atoms with Gasteiger partial charge in [-0.1, -0.05) is 6.07 Å². The zero-order valence-corrected chi connectivity index (χ0v) is 14.0. The number of carbonyl (C=O) groups excluding carboxylic acids is 1. The summed E-state index contributed by atoms with van der Waals surface area (Å²) in [6, 6.07) is 8.19. The molecule has 2 aromatic rings. The van der Waals surface area contributed by atoms with Crippen molar-refractivity contribution in [3.8, 4) is 0 Å². The highest BCUT2D eigenvalue weighted by Gasteiger charge is 2.12. The summed E-state index contributed by atoms with van der Waals surface area (Å²) >= 11 is 1.46. The van der Waals surface area contributed by atoms with Crippen molar-refractivity contribution in [1.29, 1.82) is 0 Å². The Morgan fingerprint density at radius 1 is 1.45 bits per heavy atom. The molecule has 0 aliphatic rings. The van der Waals surface area contributed by atoms with Gasteiger partial charge in [0.15, 0.2) is 0 Å². The SMILES string of the molecule is CC(C)N(C)c1cccc(NC(=O)c2csc(CCN)n2)c1. The summed E-state index contributed by atoms with van der Waals surface area (Å²) in [7, 11) is 2.03. The van der Waals surface area contributed by atoms with Crippen LogP contribution in [-0.4, -0.2) is 30.5 Å². The van der Waals surface area contributed by atoms with Crippen LogP contribution in [0.5, 0.6) is 0 Å². The number of hydrogen-bond donors (Lipinski definition) is 2. The van der Waals surface area contributed by atoms with E-state index in [0.29, 0.717) is 24.7 Å². The van der Waals surface area contributed by atoms with Gasteiger partial charge in [0.1, 0.15) is 5.69 Å². The fourth-order valence-electron chi connectivity index (χ4n) is 1.95. The molecule has 0 radical (unpaired) electrons. The molecule has 0 atom stereocenters. The van der Waals surface area contributed by atoms with Crippen LogP contribution in [-0.2, 0) is 6.42 Å². The van der Waals surface area contributed by atoms with Gasteiger partial charge in [-0.05, 0) is 38.6 Å². The van der Waals surface area contributed by atoms with E-state index in [2.05, 4.69) is 29.0 Å². The largest absolute Gasteiger partial charge is 0.372 e. The molecule has 0 saturated carbocycles. The van der Waals surface area contributed by atoms with E-state index >= 15 is 0 Å². The number of amides is 1. The molecular formula is C16H22N4OS. The maximum absolute atomic E-state index is 12.2. The summed E-state index contributed by atoms with van der Waals surface area (Å²) in [6.07, 6.45) is 0.701. The van der Waals surface area contributed by atoms with Crippen molar-refractivity contribution in [2.45, 2.75) is 26.3 Å². The van der Waals surface area contributed by atoms with Crippen LogP contribution in [0.2, 0.25) is 0 Å². The smallest absolute Gasteiger partial charge is 0.275 e. The summed E-state index contributed by atoms with van der Waals surface area (Å²) < 4.78 is 0. The van der Waals surface area contributed by atoms with Gasteiger partial charge in [0.05, 0.1) is 5.01 Å². The van der Waals surface area contributed by atoms with Crippen LogP contribution in [0.25, 0.3) is 0 Å². The molecule has 5 nitrogen and oxygen atoms in total. The van der Waals surface area contributed by atoms with Crippen LogP contribution in [0.3, 0.4) is 0 Å². The lowest BCUT2D eigenvalue weighted by Crippen LogP contribution is -2.25. The average Bonchev–Trinajstić information content (AvgIpc) is 2.96. The number of nitrogens with zero attached hydrogens (tertiary/aromatic N) is 2. The molecule has 2 rings (SSSR count). The van der Waals surface area contributed by atoms with E-state index in [-0.39, 0.29) is 5.91 Å². The minimum atomic E-state index is -0.191. The lowest BCUT2D eigenvalue weighted by molar-refractivity contribution is 0.102. The molecule has 0 bridgehead atoms. The van der Waals surface area contributed by atoms with Crippen LogP contribution >= 0.6 is 11.3 Å². The van der Waals surface area contributed by atoms with E-state index in [1.165, 1.54) is 11.3 Å². The van der Waals surface area contributed by atoms with Crippen LogP contribution in [0.1, 0.15) is 29.3 Å². The third-order valence-corrected chi connectivity index (χ3v) is 4.34. The first-order valence-corrected chi connectivity index (χ1v) is 8.18. The number of benzene rings is 1. The molecule has 0 spiro atoms. The topological polar surface area (TPSA) is 71.2 Å². The standard InChI is InChI=1S/C16H22N4OS/c1-11(2)20(3)13-6-4-5-12(9-13)18-16(21)14-10-22-15(19-14)7-8-17/h4-6,9-11H,7-8,17H2,1-3H3,(H,18,21). The van der Waals surface area contributed by atoms with Crippen molar-refractivity contribution in [3.05, 3.63) is 40.3 Å². The maximum Gasteiger partial charge on any atom is 0.275 e. The molecule has 0 fully saturated rings. The highest BCUT2D eigenvalue weighted by atomic mass is 32.1. The predicted molar refractivity (Wildman–Crippen MR) is 92.8 cm³/mol. The molecule has 1 heterocycles. The van der Waals surface area contributed by atoms with Gasteiger partial charge in [0.2, 0.25) is 0 Å². The first-order chi connectivity index (χ1) is 10.5. The van der Waals surface area contributed by atoms with Gasteiger partial charge in [0.25, 0.3) is 5.91 Å². The monoisotopic (exact) mass is 318 g/mol. The Hall–Kier alpha value is -1.92. The second-order valence-corrected chi connectivity index (χ2v) is 6.32. The highest BCUT2D eigenvalue weighted by molar-refractivity contribution is 7.09. The number of hydrogen-bond acceptors (Lipinski definition) is 5. The Bertz CT molecular complexity index is 639. The maximum atomic E-state index is 12.2. The molecule has 0 unspecified atom stereocenters. The molecular weight excluding hydrogens is 296 g/mol. The second-order valence-electron chi connectivity index (χ2n) is 5.37. The summed E-state index contributed by atoms with van der Waals surface area (Å²) in [4.78, 5) is 18.7. The fourth-order valence-corrected chi connectivity index (χ4v) is 2.74. The van der Waals surface area contributed by atoms with E-state index in [0.717, 1.165) is 16.4 Å². The van der Waals surface area contributed by atoms with Crippen molar-refractivity contribution >= 4 is 28.6 Å². The van der Waals surface area contributed by atoms with E-state index in [1.807, 2.05) is 31.3 Å². The lowest BCUT2D eigenvalue weighted by atomic mass is 10.2. The number of anilines is 2. The van der Waals surface area contributed by atoms with Gasteiger partial charge >= 0.3 is 0 Å². The minimum Gasteiger partial charge on any atom is -0.372 e. The highest BCUT2D eigenvalue weighted by Crippen LogP contribution is 2.21. The van der Waals surface area contributed by atoms with Crippen LogP contribution in [0, 0.1) is 0 Å². The van der Waals surface area contributed by atoms with E-state index < -0.39 is 0 Å². The zero-order valence-electron chi connectivity index (χ0n) is 13.2. The zero-order chi connectivity index (χ0) is 16.1. The Balaban J connectivity index is 2.09. The molecule has 1 aromatic carbocycles. The number of aromatic nitrogens is 1. The fraction of sp³-hybridized carbons (Fsp3) is 0.375. The Morgan fingerprint density at radius 3 is 2.91 bits per heavy atom. The third kappa shape index (κ3) is 4.05. The van der Waals surface area contributed by atoms with Crippen molar-refractivity contribution in [3.63, 3.8) is 0 Å². The van der Waals surface area contributed by atoms with E-state index in [4.69, 9.17) is 5.73 Å². The van der Waals surface area contributed by atoms with Gasteiger partial charge < -0.3 is 16.0 Å². The van der Waals surface area contributed by atoms with Gasteiger partial charge in [-0.25, -0.2) is 4.98 Å². The number of nitrogens with one attached hydrogen (secondary N) is 1. The van der Waals surface area contributed by atoms with Gasteiger partial charge in [-0.2, -0.15) is 0 Å². The summed E-state index contributed by atoms with van der Waals surface area (Å²) in [5.74, 6) is -0.191. The normalized spacial score (nSPS) is 10.8. The molecule has 22 heavy (non-hydrogen) atoms. The molecule has 118 valence electrons. The van der Waals surface area contributed by atoms with E-state index in [9.17, 15) is 4.79 Å². The number of thiazole rings is 1. The van der Waals surface area contributed by atoms with Gasteiger partial charge in [-0.3, -0.25) is 4.79 Å². The van der Waals surface area contributed by atoms with Crippen molar-refractivity contribution in [1.82, 2.24) is 4.98 Å². The predicted octanol–water partition coefficient (Wildman–Crippen LogP) is 2.74. The summed E-state index contributed by atoms with van der Waals surface area (Å²) in [5, 5.41) is 5.55. The molecule has 1 amide bonds. The average molecular weight is 318 g/mol. The van der Waals surface area contributed by atoms with Crippen molar-refractivity contribution < 1.29 is 4.79 Å². The Labute approximate surface area is 135 Å². The summed E-state index contributed by atoms with van der Waals surface area (Å²) in [5.41, 5.74) is 7.77. The van der Waals surface area contributed by atoms with Crippen molar-refractivity contribution in [2.24, 2.45) is 5.73 Å². The molecule has 0 aliphatic heterocycles. The Morgan fingerprint density at radius 2 is 2.23 bits per heavy atom. The van der Waals surface area contributed by atoms with Crippen LogP contribution in [0.15, 0.2) is 29.6 Å². The molecule has 0 saturated heterocycles. The third-order valence-electron chi connectivity index (χ3n) is 3.43. The number of carbonyl (C=O) groups is 1. The quantitative estimate of drug-likeness (QED) is 0.859. The molecule has 0 aliphatic carbocycles. The van der Waals surface area contributed by atoms with Gasteiger partial charge in [0, 0.05) is 36.3 Å². The lowest BCUT2D eigenvalue weighted by Gasteiger charge is -2.24. The second kappa shape index (κ2) is 7.38. The number of rotatable bonds is 6. The van der Waals surface area contributed by atoms with Gasteiger partial charge in [-0.15, -0.1) is 11.3 Å². The first kappa shape index (κ1) is 16.5. The summed E-state index contributed by atoms with van der Waals surface area (Å²) in [6.45, 7) is 4.79. The Kier molecular flexibility index (Phi) is 5.51.